The van der Waals surface area contributed by atoms with E-state index in [9.17, 15) is 9.90 Å². The zero-order valence-electron chi connectivity index (χ0n) is 21.0. The SMILES string of the molecule is COc1cc2nc(C)ccc2cc1-c1cc(C(CC=CCCC2(c3ccon3)OCCO2)NC(=O)O)no1. The highest BCUT2D eigenvalue weighted by Gasteiger charge is 2.40. The number of amides is 1. The van der Waals surface area contributed by atoms with E-state index >= 15 is 0 Å². The van der Waals surface area contributed by atoms with Gasteiger partial charge in [0, 0.05) is 35.7 Å². The lowest BCUT2D eigenvalue weighted by molar-refractivity contribution is -0.174. The highest BCUT2D eigenvalue weighted by atomic mass is 16.7. The van der Waals surface area contributed by atoms with Crippen molar-refractivity contribution >= 4 is 17.0 Å². The Morgan fingerprint density at radius 1 is 1.18 bits per heavy atom. The average Bonchev–Trinajstić information content (AvgIpc) is 3.69. The molecule has 0 aliphatic carbocycles. The van der Waals surface area contributed by atoms with E-state index in [0.717, 1.165) is 16.6 Å². The summed E-state index contributed by atoms with van der Waals surface area (Å²) >= 11 is 0. The second-order valence-corrected chi connectivity index (χ2v) is 8.90. The Morgan fingerprint density at radius 2 is 2.03 bits per heavy atom. The van der Waals surface area contributed by atoms with Crippen molar-refractivity contribution < 1.29 is 33.2 Å². The zero-order valence-corrected chi connectivity index (χ0v) is 21.0. The maximum atomic E-state index is 11.5. The fourth-order valence-corrected chi connectivity index (χ4v) is 4.51. The number of hydrogen-bond acceptors (Lipinski definition) is 9. The van der Waals surface area contributed by atoms with Crippen molar-refractivity contribution in [2.75, 3.05) is 20.3 Å². The van der Waals surface area contributed by atoms with Gasteiger partial charge >= 0.3 is 6.09 Å². The molecule has 38 heavy (non-hydrogen) atoms. The molecule has 4 aromatic rings. The molecular formula is C27H28N4O7. The van der Waals surface area contributed by atoms with Crippen molar-refractivity contribution in [2.24, 2.45) is 0 Å². The van der Waals surface area contributed by atoms with Gasteiger partial charge in [0.25, 0.3) is 0 Å². The topological polar surface area (TPSA) is 142 Å². The van der Waals surface area contributed by atoms with Crippen LogP contribution < -0.4 is 10.1 Å². The number of aromatic nitrogens is 3. The number of pyridine rings is 1. The molecule has 11 nitrogen and oxygen atoms in total. The van der Waals surface area contributed by atoms with Gasteiger partial charge in [0.1, 0.15) is 23.4 Å². The highest BCUT2D eigenvalue weighted by molar-refractivity contribution is 5.87. The summed E-state index contributed by atoms with van der Waals surface area (Å²) in [6, 6.07) is 10.5. The van der Waals surface area contributed by atoms with Gasteiger partial charge in [-0.3, -0.25) is 4.98 Å². The van der Waals surface area contributed by atoms with E-state index in [1.807, 2.05) is 43.3 Å². The molecule has 0 spiro atoms. The molecule has 4 heterocycles. The summed E-state index contributed by atoms with van der Waals surface area (Å²) in [4.78, 5) is 16.0. The molecule has 0 saturated carbocycles. The van der Waals surface area contributed by atoms with Gasteiger partial charge < -0.3 is 33.7 Å². The molecule has 0 bridgehead atoms. The van der Waals surface area contributed by atoms with E-state index in [4.69, 9.17) is 23.3 Å². The Morgan fingerprint density at radius 3 is 2.76 bits per heavy atom. The number of fused-ring (bicyclic) bond motifs is 1. The van der Waals surface area contributed by atoms with E-state index in [0.29, 0.717) is 60.9 Å². The summed E-state index contributed by atoms with van der Waals surface area (Å²) < 4.78 is 27.8. The Bertz CT molecular complexity index is 1420. The molecule has 1 aliphatic heterocycles. The molecule has 2 N–H and O–H groups in total. The van der Waals surface area contributed by atoms with Crippen LogP contribution in [0.15, 0.2) is 63.9 Å². The number of ether oxygens (including phenoxy) is 3. The molecule has 1 aromatic carbocycles. The van der Waals surface area contributed by atoms with E-state index in [2.05, 4.69) is 20.6 Å². The van der Waals surface area contributed by atoms with Crippen LogP contribution in [0.1, 0.15) is 42.4 Å². The van der Waals surface area contributed by atoms with Crippen LogP contribution in [-0.4, -0.2) is 46.8 Å². The van der Waals surface area contributed by atoms with Crippen molar-refractivity contribution in [1.29, 1.82) is 0 Å². The predicted octanol–water partition coefficient (Wildman–Crippen LogP) is 5.13. The second kappa shape index (κ2) is 11.0. The molecule has 1 saturated heterocycles. The molecule has 198 valence electrons. The van der Waals surface area contributed by atoms with Gasteiger partial charge in [0.2, 0.25) is 5.79 Å². The van der Waals surface area contributed by atoms with Crippen LogP contribution in [-0.2, 0) is 15.3 Å². The number of benzene rings is 1. The summed E-state index contributed by atoms with van der Waals surface area (Å²) in [5.41, 5.74) is 3.46. The van der Waals surface area contributed by atoms with Crippen molar-refractivity contribution in [3.63, 3.8) is 0 Å². The lowest BCUT2D eigenvalue weighted by Gasteiger charge is -2.24. The molecule has 5 rings (SSSR count). The Balaban J connectivity index is 1.30. The van der Waals surface area contributed by atoms with Crippen molar-refractivity contribution in [1.82, 2.24) is 20.6 Å². The van der Waals surface area contributed by atoms with E-state index in [1.54, 1.807) is 19.2 Å². The van der Waals surface area contributed by atoms with Crippen LogP contribution >= 0.6 is 0 Å². The van der Waals surface area contributed by atoms with Crippen molar-refractivity contribution in [3.05, 3.63) is 71.9 Å². The Labute approximate surface area is 218 Å². The van der Waals surface area contributed by atoms with E-state index < -0.39 is 17.9 Å². The quantitative estimate of drug-likeness (QED) is 0.270. The van der Waals surface area contributed by atoms with Gasteiger partial charge in [-0.1, -0.05) is 28.5 Å². The highest BCUT2D eigenvalue weighted by Crippen LogP contribution is 2.36. The first kappa shape index (κ1) is 25.4. The third-order valence-electron chi connectivity index (χ3n) is 6.36. The minimum atomic E-state index is -1.16. The molecule has 11 heteroatoms. The van der Waals surface area contributed by atoms with Crippen LogP contribution in [0.4, 0.5) is 4.79 Å². The molecular weight excluding hydrogens is 492 g/mol. The molecule has 1 atom stereocenters. The Hall–Kier alpha value is -4.22. The number of methoxy groups -OCH3 is 1. The largest absolute Gasteiger partial charge is 0.496 e. The predicted molar refractivity (Wildman–Crippen MR) is 136 cm³/mol. The minimum Gasteiger partial charge on any atom is -0.496 e. The Kier molecular flexibility index (Phi) is 7.38. The number of hydrogen-bond donors (Lipinski definition) is 2. The first-order chi connectivity index (χ1) is 18.5. The smallest absolute Gasteiger partial charge is 0.405 e. The van der Waals surface area contributed by atoms with Crippen LogP contribution in [0.2, 0.25) is 0 Å². The molecule has 0 radical (unpaired) electrons. The number of carboxylic acid groups (broad SMARTS) is 1. The fraction of sp³-hybridized carbons (Fsp3) is 0.333. The van der Waals surface area contributed by atoms with Crippen LogP contribution in [0.5, 0.6) is 5.75 Å². The number of nitrogens with zero attached hydrogens (tertiary/aromatic N) is 3. The van der Waals surface area contributed by atoms with E-state index in [1.165, 1.54) is 6.26 Å². The summed E-state index contributed by atoms with van der Waals surface area (Å²) in [5, 5.41) is 21.0. The van der Waals surface area contributed by atoms with Gasteiger partial charge in [-0.25, -0.2) is 4.79 Å². The molecule has 1 unspecified atom stereocenters. The fourth-order valence-electron chi connectivity index (χ4n) is 4.51. The molecule has 1 fully saturated rings. The van der Waals surface area contributed by atoms with Crippen LogP contribution in [0.3, 0.4) is 0 Å². The first-order valence-corrected chi connectivity index (χ1v) is 12.2. The van der Waals surface area contributed by atoms with Crippen molar-refractivity contribution in [3.8, 4) is 17.1 Å². The van der Waals surface area contributed by atoms with Gasteiger partial charge in [-0.15, -0.1) is 0 Å². The number of carbonyl (C=O) groups is 1. The van der Waals surface area contributed by atoms with Gasteiger partial charge in [-0.05, 0) is 31.9 Å². The van der Waals surface area contributed by atoms with Crippen LogP contribution in [0, 0.1) is 6.92 Å². The van der Waals surface area contributed by atoms with Crippen molar-refractivity contribution in [2.45, 2.75) is 38.0 Å². The molecule has 3 aromatic heterocycles. The lowest BCUT2D eigenvalue weighted by atomic mass is 10.0. The maximum absolute atomic E-state index is 11.5. The molecule has 1 amide bonds. The van der Waals surface area contributed by atoms with E-state index in [-0.39, 0.29) is 0 Å². The normalized spacial score (nSPS) is 15.7. The average molecular weight is 521 g/mol. The van der Waals surface area contributed by atoms with Crippen LogP contribution in [0.25, 0.3) is 22.2 Å². The lowest BCUT2D eigenvalue weighted by Crippen LogP contribution is -2.27. The summed E-state index contributed by atoms with van der Waals surface area (Å²) in [6.45, 7) is 2.89. The minimum absolute atomic E-state index is 0.370. The van der Waals surface area contributed by atoms with Gasteiger partial charge in [-0.2, -0.15) is 0 Å². The summed E-state index contributed by atoms with van der Waals surface area (Å²) in [5.74, 6) is 0.119. The maximum Gasteiger partial charge on any atom is 0.405 e. The summed E-state index contributed by atoms with van der Waals surface area (Å²) in [6.07, 6.45) is 5.70. The second-order valence-electron chi connectivity index (χ2n) is 8.90. The summed E-state index contributed by atoms with van der Waals surface area (Å²) in [7, 11) is 1.58. The third kappa shape index (κ3) is 5.38. The number of aryl methyl sites for hydroxylation is 1. The third-order valence-corrected chi connectivity index (χ3v) is 6.36. The molecule has 1 aliphatic rings. The van der Waals surface area contributed by atoms with Gasteiger partial charge in [0.05, 0.1) is 37.4 Å². The zero-order chi connectivity index (χ0) is 26.5. The number of rotatable bonds is 10. The number of nitrogens with one attached hydrogen (secondary N) is 1. The first-order valence-electron chi connectivity index (χ1n) is 12.2. The monoisotopic (exact) mass is 520 g/mol. The number of allylic oxidation sites excluding steroid dienone is 1. The van der Waals surface area contributed by atoms with Gasteiger partial charge in [0.15, 0.2) is 5.76 Å². The standard InChI is InChI=1S/C27H28N4O7/c1-17-7-8-18-14-19(23(34-2)15-21(18)28-17)24-16-22(30-38-24)20(29-26(32)33)6-4-3-5-10-27(35-12-13-36-27)25-9-11-37-31-25/h3-4,7-9,11,14-16,20,29H,5-6,10,12-13H2,1-2H3,(H,32,33).